The molecule has 0 saturated carbocycles. The number of halogens is 1. The monoisotopic (exact) mass is 383 g/mol. The van der Waals surface area contributed by atoms with Crippen LogP contribution in [0.3, 0.4) is 0 Å². The zero-order valence-corrected chi connectivity index (χ0v) is 16.0. The van der Waals surface area contributed by atoms with Gasteiger partial charge in [0.05, 0.1) is 0 Å². The van der Waals surface area contributed by atoms with Crippen LogP contribution >= 0.6 is 23.1 Å². The van der Waals surface area contributed by atoms with Crippen LogP contribution in [-0.4, -0.2) is 14.8 Å². The highest BCUT2D eigenvalue weighted by atomic mass is 32.2. The molecule has 0 aliphatic rings. The SMILES string of the molecule is CCCn1c(SCc2cccc(F)c2)nnc1-c1csc2ccccc12. The Bertz CT molecular complexity index is 1040. The van der Waals surface area contributed by atoms with Gasteiger partial charge in [-0.15, -0.1) is 21.5 Å². The summed E-state index contributed by atoms with van der Waals surface area (Å²) in [6.07, 6.45) is 1.00. The average molecular weight is 384 g/mol. The smallest absolute Gasteiger partial charge is 0.191 e. The molecule has 0 unspecified atom stereocenters. The maximum atomic E-state index is 13.4. The van der Waals surface area contributed by atoms with E-state index in [-0.39, 0.29) is 5.82 Å². The van der Waals surface area contributed by atoms with Gasteiger partial charge in [0.2, 0.25) is 0 Å². The van der Waals surface area contributed by atoms with E-state index in [4.69, 9.17) is 0 Å². The zero-order chi connectivity index (χ0) is 17.9. The van der Waals surface area contributed by atoms with Crippen LogP contribution in [0.4, 0.5) is 4.39 Å². The summed E-state index contributed by atoms with van der Waals surface area (Å²) in [5, 5.41) is 13.1. The van der Waals surface area contributed by atoms with Gasteiger partial charge in [-0.3, -0.25) is 0 Å². The molecule has 0 radical (unpaired) electrons. The molecule has 4 aromatic rings. The van der Waals surface area contributed by atoms with Gasteiger partial charge in [-0.05, 0) is 30.2 Å². The van der Waals surface area contributed by atoms with Crippen molar-refractivity contribution in [1.29, 1.82) is 0 Å². The Labute approximate surface area is 159 Å². The van der Waals surface area contributed by atoms with Crippen LogP contribution in [0.25, 0.3) is 21.5 Å². The fourth-order valence-electron chi connectivity index (χ4n) is 2.95. The molecule has 132 valence electrons. The Morgan fingerprint density at radius 1 is 1.12 bits per heavy atom. The number of aromatic nitrogens is 3. The summed E-state index contributed by atoms with van der Waals surface area (Å²) in [6, 6.07) is 15.1. The van der Waals surface area contributed by atoms with Crippen molar-refractivity contribution in [2.24, 2.45) is 0 Å². The van der Waals surface area contributed by atoms with Crippen LogP contribution < -0.4 is 0 Å². The Kier molecular flexibility index (Phi) is 5.04. The summed E-state index contributed by atoms with van der Waals surface area (Å²) in [5.74, 6) is 1.37. The molecule has 0 N–H and O–H groups in total. The minimum Gasteiger partial charge on any atom is -0.302 e. The van der Waals surface area contributed by atoms with E-state index in [1.165, 1.54) is 16.2 Å². The lowest BCUT2D eigenvalue weighted by Crippen LogP contribution is -2.01. The number of hydrogen-bond acceptors (Lipinski definition) is 4. The van der Waals surface area contributed by atoms with E-state index >= 15 is 0 Å². The topological polar surface area (TPSA) is 30.7 Å². The molecule has 0 atom stereocenters. The Morgan fingerprint density at radius 2 is 2.00 bits per heavy atom. The first-order chi connectivity index (χ1) is 12.8. The molecular formula is C20H18FN3S2. The summed E-state index contributed by atoms with van der Waals surface area (Å²) in [5.41, 5.74) is 2.08. The van der Waals surface area contributed by atoms with Crippen molar-refractivity contribution in [2.45, 2.75) is 30.8 Å². The molecule has 2 aromatic carbocycles. The molecule has 0 fully saturated rings. The molecule has 0 amide bonds. The second-order valence-electron chi connectivity index (χ2n) is 6.02. The molecule has 3 nitrogen and oxygen atoms in total. The van der Waals surface area contributed by atoms with Crippen molar-refractivity contribution >= 4 is 33.2 Å². The first-order valence-electron chi connectivity index (χ1n) is 8.53. The van der Waals surface area contributed by atoms with Gasteiger partial charge in [0, 0.05) is 33.3 Å². The summed E-state index contributed by atoms with van der Waals surface area (Å²) < 4.78 is 16.8. The van der Waals surface area contributed by atoms with E-state index in [0.717, 1.165) is 35.1 Å². The van der Waals surface area contributed by atoms with E-state index in [1.807, 2.05) is 6.07 Å². The highest BCUT2D eigenvalue weighted by Gasteiger charge is 2.17. The third kappa shape index (κ3) is 3.39. The second-order valence-corrected chi connectivity index (χ2v) is 7.88. The molecule has 2 aromatic heterocycles. The van der Waals surface area contributed by atoms with Crippen LogP contribution in [0.15, 0.2) is 59.1 Å². The van der Waals surface area contributed by atoms with Crippen molar-refractivity contribution in [3.05, 3.63) is 65.3 Å². The molecule has 0 aliphatic carbocycles. The Morgan fingerprint density at radius 3 is 2.85 bits per heavy atom. The quantitative estimate of drug-likeness (QED) is 0.383. The predicted octanol–water partition coefficient (Wildman–Crippen LogP) is 6.00. The number of thiophene rings is 1. The third-order valence-corrected chi connectivity index (χ3v) is 6.14. The fraction of sp³-hybridized carbons (Fsp3) is 0.200. The van der Waals surface area contributed by atoms with Crippen molar-refractivity contribution in [1.82, 2.24) is 14.8 Å². The van der Waals surface area contributed by atoms with Gasteiger partial charge in [-0.25, -0.2) is 4.39 Å². The molecule has 0 aliphatic heterocycles. The zero-order valence-electron chi connectivity index (χ0n) is 14.4. The van der Waals surface area contributed by atoms with E-state index < -0.39 is 0 Å². The molecule has 0 bridgehead atoms. The van der Waals surface area contributed by atoms with Crippen LogP contribution in [0, 0.1) is 5.82 Å². The summed E-state index contributed by atoms with van der Waals surface area (Å²) in [6.45, 7) is 3.01. The summed E-state index contributed by atoms with van der Waals surface area (Å²) in [7, 11) is 0. The third-order valence-electron chi connectivity index (χ3n) is 4.14. The number of nitrogens with zero attached hydrogens (tertiary/aromatic N) is 3. The van der Waals surface area contributed by atoms with Crippen LogP contribution in [0.1, 0.15) is 18.9 Å². The van der Waals surface area contributed by atoms with Gasteiger partial charge >= 0.3 is 0 Å². The minimum atomic E-state index is -0.205. The molecular weight excluding hydrogens is 365 g/mol. The van der Waals surface area contributed by atoms with Gasteiger partial charge in [-0.1, -0.05) is 49.0 Å². The van der Waals surface area contributed by atoms with Gasteiger partial charge in [0.15, 0.2) is 11.0 Å². The predicted molar refractivity (Wildman–Crippen MR) is 107 cm³/mol. The number of fused-ring (bicyclic) bond motifs is 1. The van der Waals surface area contributed by atoms with E-state index in [1.54, 1.807) is 35.2 Å². The Balaban J connectivity index is 1.66. The van der Waals surface area contributed by atoms with Crippen LogP contribution in [0.5, 0.6) is 0 Å². The highest BCUT2D eigenvalue weighted by Crippen LogP contribution is 2.35. The highest BCUT2D eigenvalue weighted by molar-refractivity contribution is 7.98. The molecule has 4 rings (SSSR count). The lowest BCUT2D eigenvalue weighted by Gasteiger charge is -2.08. The van der Waals surface area contributed by atoms with Crippen LogP contribution in [0.2, 0.25) is 0 Å². The van der Waals surface area contributed by atoms with Gasteiger partial charge in [0.1, 0.15) is 5.82 Å². The normalized spacial score (nSPS) is 11.3. The molecule has 26 heavy (non-hydrogen) atoms. The summed E-state index contributed by atoms with van der Waals surface area (Å²) >= 11 is 3.33. The molecule has 0 saturated heterocycles. The van der Waals surface area contributed by atoms with Gasteiger partial charge in [-0.2, -0.15) is 0 Å². The van der Waals surface area contributed by atoms with Crippen molar-refractivity contribution in [3.8, 4) is 11.4 Å². The van der Waals surface area contributed by atoms with Gasteiger partial charge in [0.25, 0.3) is 0 Å². The lowest BCUT2D eigenvalue weighted by atomic mass is 10.1. The minimum absolute atomic E-state index is 0.205. The standard InChI is InChI=1S/C20H18FN3S2/c1-2-10-24-19(17-13-25-18-9-4-3-8-16(17)18)22-23-20(24)26-12-14-6-5-7-15(21)11-14/h3-9,11,13H,2,10,12H2,1H3. The van der Waals surface area contributed by atoms with Crippen LogP contribution in [-0.2, 0) is 12.3 Å². The van der Waals surface area contributed by atoms with E-state index in [2.05, 4.69) is 51.3 Å². The van der Waals surface area contributed by atoms with Crippen molar-refractivity contribution in [2.75, 3.05) is 0 Å². The maximum Gasteiger partial charge on any atom is 0.191 e. The number of benzene rings is 2. The number of hydrogen-bond donors (Lipinski definition) is 0. The second kappa shape index (κ2) is 7.60. The number of thioether (sulfide) groups is 1. The van der Waals surface area contributed by atoms with Gasteiger partial charge < -0.3 is 4.57 Å². The van der Waals surface area contributed by atoms with Crippen molar-refractivity contribution in [3.63, 3.8) is 0 Å². The Hall–Kier alpha value is -2.18. The first-order valence-corrected chi connectivity index (χ1v) is 10.4. The lowest BCUT2D eigenvalue weighted by molar-refractivity contribution is 0.625. The maximum absolute atomic E-state index is 13.4. The van der Waals surface area contributed by atoms with Crippen molar-refractivity contribution < 1.29 is 4.39 Å². The fourth-order valence-corrected chi connectivity index (χ4v) is 4.79. The molecule has 6 heteroatoms. The number of rotatable bonds is 6. The molecule has 2 heterocycles. The average Bonchev–Trinajstić information content (AvgIpc) is 3.24. The van der Waals surface area contributed by atoms with E-state index in [0.29, 0.717) is 5.75 Å². The molecule has 0 spiro atoms. The van der Waals surface area contributed by atoms with E-state index in [9.17, 15) is 4.39 Å². The first kappa shape index (κ1) is 17.2. The summed E-state index contributed by atoms with van der Waals surface area (Å²) in [4.78, 5) is 0. The largest absolute Gasteiger partial charge is 0.302 e.